The molecular formula is C18H22FN3O2S. The molecule has 3 rings (SSSR count). The van der Waals surface area contributed by atoms with Gasteiger partial charge in [-0.25, -0.2) is 4.39 Å². The van der Waals surface area contributed by atoms with E-state index in [9.17, 15) is 9.18 Å². The third-order valence-electron chi connectivity index (χ3n) is 4.60. The zero-order valence-corrected chi connectivity index (χ0v) is 15.2. The number of aromatic nitrogens is 2. The fraction of sp³-hybridized carbons (Fsp3) is 0.500. The van der Waals surface area contributed by atoms with Gasteiger partial charge in [0, 0.05) is 6.04 Å². The summed E-state index contributed by atoms with van der Waals surface area (Å²) < 4.78 is 19.3. The van der Waals surface area contributed by atoms with E-state index in [-0.39, 0.29) is 33.9 Å². The summed E-state index contributed by atoms with van der Waals surface area (Å²) in [6, 6.07) is 6.47. The van der Waals surface area contributed by atoms with E-state index in [1.165, 1.54) is 24.2 Å². The lowest BCUT2D eigenvalue weighted by atomic mass is 9.86. The van der Waals surface area contributed by atoms with Crippen molar-refractivity contribution in [3.8, 4) is 11.5 Å². The second kappa shape index (κ2) is 7.99. The monoisotopic (exact) mass is 363 g/mol. The van der Waals surface area contributed by atoms with Gasteiger partial charge in [0.05, 0.1) is 10.8 Å². The molecular weight excluding hydrogens is 341 g/mol. The number of hydrogen-bond acceptors (Lipinski definition) is 5. The first kappa shape index (κ1) is 17.9. The summed E-state index contributed by atoms with van der Waals surface area (Å²) in [4.78, 5) is 12.4. The molecule has 1 aliphatic carbocycles. The molecule has 1 aromatic carbocycles. The molecule has 1 saturated carbocycles. The molecule has 1 aliphatic rings. The van der Waals surface area contributed by atoms with Gasteiger partial charge in [-0.05, 0) is 37.8 Å². The van der Waals surface area contributed by atoms with E-state index in [4.69, 9.17) is 4.42 Å². The second-order valence-corrected chi connectivity index (χ2v) is 7.78. The van der Waals surface area contributed by atoms with Crippen LogP contribution in [-0.4, -0.2) is 27.4 Å². The lowest BCUT2D eigenvalue weighted by Crippen LogP contribution is -2.44. The van der Waals surface area contributed by atoms with Gasteiger partial charge in [0.15, 0.2) is 0 Å². The highest BCUT2D eigenvalue weighted by atomic mass is 32.2. The number of rotatable bonds is 5. The molecule has 0 bridgehead atoms. The van der Waals surface area contributed by atoms with Gasteiger partial charge in [0.2, 0.25) is 5.91 Å². The van der Waals surface area contributed by atoms with Crippen molar-refractivity contribution in [1.82, 2.24) is 15.5 Å². The van der Waals surface area contributed by atoms with Crippen LogP contribution < -0.4 is 5.32 Å². The molecule has 3 atom stereocenters. The fourth-order valence-electron chi connectivity index (χ4n) is 3.04. The smallest absolute Gasteiger partial charge is 0.277 e. The molecule has 2 aromatic rings. The number of carbonyl (C=O) groups excluding carboxylic acids is 1. The molecule has 0 saturated heterocycles. The Bertz CT molecular complexity index is 737. The highest BCUT2D eigenvalue weighted by Crippen LogP contribution is 2.28. The second-order valence-electron chi connectivity index (χ2n) is 6.49. The molecule has 0 radical (unpaired) electrons. The van der Waals surface area contributed by atoms with Crippen LogP contribution in [0.2, 0.25) is 0 Å². The number of nitrogens with zero attached hydrogens (tertiary/aromatic N) is 2. The van der Waals surface area contributed by atoms with Crippen LogP contribution >= 0.6 is 11.8 Å². The van der Waals surface area contributed by atoms with Gasteiger partial charge in [-0.2, -0.15) is 0 Å². The van der Waals surface area contributed by atoms with E-state index in [0.717, 1.165) is 19.3 Å². The maximum atomic E-state index is 13.8. The number of carbonyl (C=O) groups is 1. The minimum absolute atomic E-state index is 0.0330. The minimum Gasteiger partial charge on any atom is -0.411 e. The van der Waals surface area contributed by atoms with Crippen molar-refractivity contribution in [3.05, 3.63) is 30.1 Å². The van der Waals surface area contributed by atoms with E-state index in [0.29, 0.717) is 5.92 Å². The molecule has 5 nitrogen and oxygen atoms in total. The Labute approximate surface area is 150 Å². The molecule has 1 N–H and O–H groups in total. The van der Waals surface area contributed by atoms with Crippen LogP contribution in [-0.2, 0) is 4.79 Å². The van der Waals surface area contributed by atoms with Gasteiger partial charge in [-0.3, -0.25) is 4.79 Å². The Balaban J connectivity index is 1.60. The maximum Gasteiger partial charge on any atom is 0.277 e. The van der Waals surface area contributed by atoms with Crippen molar-refractivity contribution in [2.45, 2.75) is 56.0 Å². The molecule has 1 amide bonds. The molecule has 1 heterocycles. The lowest BCUT2D eigenvalue weighted by Gasteiger charge is -2.30. The van der Waals surface area contributed by atoms with Gasteiger partial charge in [0.25, 0.3) is 11.1 Å². The molecule has 7 heteroatoms. The first-order valence-electron chi connectivity index (χ1n) is 8.60. The molecule has 134 valence electrons. The topological polar surface area (TPSA) is 68.0 Å². The predicted molar refractivity (Wildman–Crippen MR) is 94.6 cm³/mol. The largest absolute Gasteiger partial charge is 0.411 e. The third kappa shape index (κ3) is 4.39. The minimum atomic E-state index is -0.417. The summed E-state index contributed by atoms with van der Waals surface area (Å²) in [5, 5.41) is 10.8. The van der Waals surface area contributed by atoms with Crippen molar-refractivity contribution in [3.63, 3.8) is 0 Å². The Kier molecular flexibility index (Phi) is 5.73. The molecule has 0 spiro atoms. The van der Waals surface area contributed by atoms with E-state index in [1.54, 1.807) is 25.1 Å². The predicted octanol–water partition coefficient (Wildman–Crippen LogP) is 4.05. The summed E-state index contributed by atoms with van der Waals surface area (Å²) in [6.45, 7) is 3.99. The number of nitrogens with one attached hydrogen (secondary N) is 1. The lowest BCUT2D eigenvalue weighted by molar-refractivity contribution is -0.121. The molecule has 1 aromatic heterocycles. The average molecular weight is 363 g/mol. The van der Waals surface area contributed by atoms with E-state index >= 15 is 0 Å². The molecule has 25 heavy (non-hydrogen) atoms. The Hall–Kier alpha value is -1.89. The number of thioether (sulfide) groups is 1. The van der Waals surface area contributed by atoms with Crippen molar-refractivity contribution in [1.29, 1.82) is 0 Å². The van der Waals surface area contributed by atoms with Gasteiger partial charge in [-0.15, -0.1) is 10.2 Å². The van der Waals surface area contributed by atoms with Gasteiger partial charge in [0.1, 0.15) is 5.82 Å². The van der Waals surface area contributed by atoms with Crippen molar-refractivity contribution in [2.75, 3.05) is 0 Å². The number of benzene rings is 1. The summed E-state index contributed by atoms with van der Waals surface area (Å²) in [7, 11) is 0. The molecule has 0 unspecified atom stereocenters. The number of halogens is 1. The normalized spacial score (nSPS) is 21.7. The fourth-order valence-corrected chi connectivity index (χ4v) is 3.73. The van der Waals surface area contributed by atoms with E-state index < -0.39 is 5.82 Å². The van der Waals surface area contributed by atoms with Crippen molar-refractivity contribution < 1.29 is 13.6 Å². The highest BCUT2D eigenvalue weighted by molar-refractivity contribution is 8.00. The van der Waals surface area contributed by atoms with Crippen LogP contribution in [0.5, 0.6) is 0 Å². The summed E-state index contributed by atoms with van der Waals surface area (Å²) in [5.41, 5.74) is 0.259. The van der Waals surface area contributed by atoms with E-state index in [2.05, 4.69) is 22.4 Å². The summed E-state index contributed by atoms with van der Waals surface area (Å²) >= 11 is 1.19. The summed E-state index contributed by atoms with van der Waals surface area (Å²) in [6.07, 6.45) is 4.58. The van der Waals surface area contributed by atoms with Crippen molar-refractivity contribution >= 4 is 17.7 Å². The zero-order valence-electron chi connectivity index (χ0n) is 14.4. The Morgan fingerprint density at radius 1 is 1.32 bits per heavy atom. The SMILES string of the molecule is C[C@@H]1CCCC[C@@H]1NC(=O)[C@@H](C)Sc1nnc(-c2ccccc2F)o1. The van der Waals surface area contributed by atoms with Gasteiger partial charge >= 0.3 is 0 Å². The van der Waals surface area contributed by atoms with Crippen LogP contribution in [0.1, 0.15) is 39.5 Å². The maximum absolute atomic E-state index is 13.8. The Morgan fingerprint density at radius 2 is 2.08 bits per heavy atom. The average Bonchev–Trinajstić information content (AvgIpc) is 3.05. The van der Waals surface area contributed by atoms with Crippen LogP contribution in [0.25, 0.3) is 11.5 Å². The van der Waals surface area contributed by atoms with E-state index in [1.807, 2.05) is 0 Å². The number of hydrogen-bond donors (Lipinski definition) is 1. The van der Waals surface area contributed by atoms with Crippen molar-refractivity contribution in [2.24, 2.45) is 5.92 Å². The zero-order chi connectivity index (χ0) is 17.8. The Morgan fingerprint density at radius 3 is 2.84 bits per heavy atom. The van der Waals surface area contributed by atoms with Gasteiger partial charge in [-0.1, -0.05) is 43.7 Å². The summed E-state index contributed by atoms with van der Waals surface area (Å²) in [5.74, 6) is 0.175. The molecule has 0 aliphatic heterocycles. The van der Waals surface area contributed by atoms with Gasteiger partial charge < -0.3 is 9.73 Å². The first-order chi connectivity index (χ1) is 12.0. The van der Waals surface area contributed by atoms with Crippen LogP contribution in [0.15, 0.2) is 33.9 Å². The standard InChI is InChI=1S/C18H22FN3O2S/c1-11-7-3-6-10-15(11)20-16(23)12(2)25-18-22-21-17(24-18)13-8-4-5-9-14(13)19/h4-5,8-9,11-12,15H,3,6-7,10H2,1-2H3,(H,20,23)/t11-,12-,15+/m1/s1. The molecule has 1 fully saturated rings. The highest BCUT2D eigenvalue weighted by Gasteiger charge is 2.26. The van der Waals surface area contributed by atoms with Crippen LogP contribution in [0.4, 0.5) is 4.39 Å². The van der Waals surface area contributed by atoms with Crippen LogP contribution in [0, 0.1) is 11.7 Å². The third-order valence-corrected chi connectivity index (χ3v) is 5.53. The quantitative estimate of drug-likeness (QED) is 0.812. The number of amides is 1. The first-order valence-corrected chi connectivity index (χ1v) is 9.48. The van der Waals surface area contributed by atoms with Crippen LogP contribution in [0.3, 0.4) is 0 Å².